The van der Waals surface area contributed by atoms with Crippen molar-refractivity contribution in [2.45, 2.75) is 45.7 Å². The molecule has 0 fully saturated rings. The van der Waals surface area contributed by atoms with Gasteiger partial charge in [0.2, 0.25) is 0 Å². The van der Waals surface area contributed by atoms with Crippen molar-refractivity contribution in [1.82, 2.24) is 25.2 Å². The molecule has 1 aliphatic heterocycles. The summed E-state index contributed by atoms with van der Waals surface area (Å²) in [6.45, 7) is 3.71. The van der Waals surface area contributed by atoms with Gasteiger partial charge >= 0.3 is 0 Å². The molecule has 0 radical (unpaired) electrons. The number of fused-ring (bicyclic) bond motifs is 1. The van der Waals surface area contributed by atoms with E-state index in [9.17, 15) is 9.59 Å². The maximum absolute atomic E-state index is 12.6. The first-order chi connectivity index (χ1) is 12.2. The van der Waals surface area contributed by atoms with Gasteiger partial charge in [0.1, 0.15) is 5.69 Å². The van der Waals surface area contributed by atoms with Crippen molar-refractivity contribution >= 4 is 11.8 Å². The largest absolute Gasteiger partial charge is 0.351 e. The summed E-state index contributed by atoms with van der Waals surface area (Å²) in [5.74, 6) is -0.138. The van der Waals surface area contributed by atoms with Crippen LogP contribution in [0.5, 0.6) is 0 Å². The second-order valence-corrected chi connectivity index (χ2v) is 6.14. The zero-order valence-electron chi connectivity index (χ0n) is 14.4. The van der Waals surface area contributed by atoms with Crippen LogP contribution in [0.4, 0.5) is 0 Å². The molecule has 7 heteroatoms. The van der Waals surface area contributed by atoms with Crippen molar-refractivity contribution in [3.63, 3.8) is 0 Å². The lowest BCUT2D eigenvalue weighted by molar-refractivity contribution is 0.0935. The number of nitrogens with zero attached hydrogens (tertiary/aromatic N) is 3. The molecule has 3 heterocycles. The van der Waals surface area contributed by atoms with Crippen LogP contribution in [-0.2, 0) is 19.5 Å². The topological polar surface area (TPSA) is 88.9 Å². The highest BCUT2D eigenvalue weighted by Gasteiger charge is 2.27. The van der Waals surface area contributed by atoms with Gasteiger partial charge in [0, 0.05) is 32.0 Å². The normalized spacial score (nSPS) is 13.2. The Morgan fingerprint density at radius 2 is 2.12 bits per heavy atom. The molecule has 0 spiro atoms. The second-order valence-electron chi connectivity index (χ2n) is 6.14. The quantitative estimate of drug-likeness (QED) is 0.837. The smallest absolute Gasteiger partial charge is 0.287 e. The highest BCUT2D eigenvalue weighted by atomic mass is 16.2. The third-order valence-electron chi connectivity index (χ3n) is 4.25. The Morgan fingerprint density at radius 3 is 2.88 bits per heavy atom. The minimum Gasteiger partial charge on any atom is -0.351 e. The summed E-state index contributed by atoms with van der Waals surface area (Å²) in [6, 6.07) is 3.73. The first kappa shape index (κ1) is 17.1. The van der Waals surface area contributed by atoms with E-state index in [0.29, 0.717) is 24.6 Å². The van der Waals surface area contributed by atoms with E-state index in [1.54, 1.807) is 12.4 Å². The zero-order chi connectivity index (χ0) is 17.6. The Balaban J connectivity index is 1.79. The Bertz CT molecular complexity index is 754. The molecular weight excluding hydrogens is 318 g/mol. The fourth-order valence-corrected chi connectivity index (χ4v) is 2.98. The molecule has 2 aromatic heterocycles. The van der Waals surface area contributed by atoms with E-state index < -0.39 is 0 Å². The zero-order valence-corrected chi connectivity index (χ0v) is 14.4. The van der Waals surface area contributed by atoms with Gasteiger partial charge in [0.15, 0.2) is 5.82 Å². The Labute approximate surface area is 146 Å². The predicted molar refractivity (Wildman–Crippen MR) is 93.2 cm³/mol. The molecule has 0 bridgehead atoms. The summed E-state index contributed by atoms with van der Waals surface area (Å²) in [6.07, 6.45) is 7.04. The summed E-state index contributed by atoms with van der Waals surface area (Å²) in [7, 11) is 0. The number of carbonyl (C=O) groups is 2. The first-order valence-corrected chi connectivity index (χ1v) is 8.75. The Hall–Kier alpha value is -2.70. The average Bonchev–Trinajstić information content (AvgIpc) is 3.05. The minimum atomic E-state index is -0.262. The summed E-state index contributed by atoms with van der Waals surface area (Å²) in [5.41, 5.74) is 2.17. The third kappa shape index (κ3) is 3.87. The van der Waals surface area contributed by atoms with Gasteiger partial charge in [-0.15, -0.1) is 0 Å². The number of pyridine rings is 1. The van der Waals surface area contributed by atoms with Gasteiger partial charge in [-0.25, -0.2) is 4.98 Å². The number of imidazole rings is 1. The molecule has 2 N–H and O–H groups in total. The van der Waals surface area contributed by atoms with Crippen LogP contribution in [0.2, 0.25) is 0 Å². The molecule has 1 aliphatic rings. The molecule has 3 rings (SSSR count). The molecular formula is C18H23N5O2. The molecule has 0 aliphatic carbocycles. The average molecular weight is 341 g/mol. The fourth-order valence-electron chi connectivity index (χ4n) is 2.98. The number of hydrogen-bond acceptors (Lipinski definition) is 4. The number of nitrogens with one attached hydrogen (secondary N) is 2. The SMILES string of the molecule is CCCNC(=O)c1nc(C(=O)NCc2cccnc2)n2c1CCCC2. The summed E-state index contributed by atoms with van der Waals surface area (Å²) >= 11 is 0. The maximum Gasteiger partial charge on any atom is 0.287 e. The van der Waals surface area contributed by atoms with Gasteiger partial charge in [0.25, 0.3) is 11.8 Å². The number of amides is 2. The van der Waals surface area contributed by atoms with E-state index in [2.05, 4.69) is 20.6 Å². The summed E-state index contributed by atoms with van der Waals surface area (Å²) in [5, 5.41) is 5.72. The molecule has 0 saturated carbocycles. The second kappa shape index (κ2) is 7.92. The van der Waals surface area contributed by atoms with Crippen molar-refractivity contribution in [3.8, 4) is 0 Å². The lowest BCUT2D eigenvalue weighted by Gasteiger charge is -2.17. The molecule has 0 aromatic carbocycles. The van der Waals surface area contributed by atoms with Gasteiger partial charge in [-0.3, -0.25) is 14.6 Å². The van der Waals surface area contributed by atoms with Crippen molar-refractivity contribution in [2.24, 2.45) is 0 Å². The van der Waals surface area contributed by atoms with Crippen molar-refractivity contribution in [2.75, 3.05) is 6.54 Å². The molecule has 132 valence electrons. The minimum absolute atomic E-state index is 0.196. The number of hydrogen-bond donors (Lipinski definition) is 2. The van der Waals surface area contributed by atoms with Crippen LogP contribution < -0.4 is 10.6 Å². The Morgan fingerprint density at radius 1 is 1.24 bits per heavy atom. The van der Waals surface area contributed by atoms with Gasteiger partial charge in [-0.1, -0.05) is 13.0 Å². The number of aromatic nitrogens is 3. The van der Waals surface area contributed by atoms with Gasteiger partial charge in [-0.2, -0.15) is 0 Å². The molecule has 0 atom stereocenters. The van der Waals surface area contributed by atoms with E-state index in [1.165, 1.54) is 0 Å². The van der Waals surface area contributed by atoms with Crippen LogP contribution in [0.15, 0.2) is 24.5 Å². The predicted octanol–water partition coefficient (Wildman–Crippen LogP) is 1.68. The highest BCUT2D eigenvalue weighted by Crippen LogP contribution is 2.21. The van der Waals surface area contributed by atoms with E-state index in [4.69, 9.17) is 0 Å². The third-order valence-corrected chi connectivity index (χ3v) is 4.25. The van der Waals surface area contributed by atoms with Crippen LogP contribution in [0.1, 0.15) is 58.6 Å². The van der Waals surface area contributed by atoms with Crippen LogP contribution >= 0.6 is 0 Å². The number of rotatable bonds is 6. The van der Waals surface area contributed by atoms with Crippen LogP contribution in [0.25, 0.3) is 0 Å². The van der Waals surface area contributed by atoms with E-state index in [0.717, 1.165) is 43.5 Å². The van der Waals surface area contributed by atoms with Crippen LogP contribution in [0, 0.1) is 0 Å². The van der Waals surface area contributed by atoms with Crippen LogP contribution in [-0.4, -0.2) is 32.9 Å². The molecule has 0 unspecified atom stereocenters. The lowest BCUT2D eigenvalue weighted by atomic mass is 10.1. The number of carbonyl (C=O) groups excluding carboxylic acids is 2. The van der Waals surface area contributed by atoms with Crippen LogP contribution in [0.3, 0.4) is 0 Å². The van der Waals surface area contributed by atoms with Gasteiger partial charge in [0.05, 0.1) is 5.69 Å². The molecule has 7 nitrogen and oxygen atoms in total. The Kier molecular flexibility index (Phi) is 5.42. The summed E-state index contributed by atoms with van der Waals surface area (Å²) in [4.78, 5) is 33.4. The van der Waals surface area contributed by atoms with Crippen molar-refractivity contribution in [1.29, 1.82) is 0 Å². The maximum atomic E-state index is 12.6. The monoisotopic (exact) mass is 341 g/mol. The molecule has 0 saturated heterocycles. The van der Waals surface area contributed by atoms with E-state index in [-0.39, 0.29) is 11.8 Å². The van der Waals surface area contributed by atoms with Gasteiger partial charge < -0.3 is 15.2 Å². The van der Waals surface area contributed by atoms with Crippen molar-refractivity contribution < 1.29 is 9.59 Å². The fraction of sp³-hybridized carbons (Fsp3) is 0.444. The lowest BCUT2D eigenvalue weighted by Crippen LogP contribution is -2.27. The molecule has 2 aromatic rings. The van der Waals surface area contributed by atoms with Crippen molar-refractivity contribution in [3.05, 3.63) is 47.3 Å². The standard InChI is InChI=1S/C18H23N5O2/c1-2-8-20-17(24)15-14-7-3-4-10-23(14)16(22-15)18(25)21-12-13-6-5-9-19-11-13/h5-6,9,11H,2-4,7-8,10,12H2,1H3,(H,20,24)(H,21,25). The van der Waals surface area contributed by atoms with Gasteiger partial charge in [-0.05, 0) is 37.3 Å². The first-order valence-electron chi connectivity index (χ1n) is 8.75. The molecule has 2 amide bonds. The van der Waals surface area contributed by atoms with E-state index >= 15 is 0 Å². The van der Waals surface area contributed by atoms with E-state index in [1.807, 2.05) is 23.6 Å². The highest BCUT2D eigenvalue weighted by molar-refractivity contribution is 5.97. The molecule has 25 heavy (non-hydrogen) atoms. The summed E-state index contributed by atoms with van der Waals surface area (Å²) < 4.78 is 1.89.